The first-order chi connectivity index (χ1) is 6.74. The highest BCUT2D eigenvalue weighted by molar-refractivity contribution is 5.94. The third-order valence-corrected chi connectivity index (χ3v) is 2.65. The van der Waals surface area contributed by atoms with Gasteiger partial charge in [0.05, 0.1) is 5.69 Å². The molecule has 14 heavy (non-hydrogen) atoms. The van der Waals surface area contributed by atoms with Gasteiger partial charge in [-0.2, -0.15) is 5.11 Å². The molecule has 2 aromatic carbocycles. The lowest BCUT2D eigenvalue weighted by molar-refractivity contribution is 1.13. The summed E-state index contributed by atoms with van der Waals surface area (Å²) in [5.74, 6) is 0. The van der Waals surface area contributed by atoms with Crippen LogP contribution >= 0.6 is 0 Å². The largest absolute Gasteiger partial charge is 0.204 e. The molecule has 0 amide bonds. The molecule has 70 valence electrons. The van der Waals surface area contributed by atoms with E-state index in [9.17, 15) is 0 Å². The molecular formula is C12H12N2. The Morgan fingerprint density at radius 1 is 1.14 bits per heavy atom. The van der Waals surface area contributed by atoms with Crippen molar-refractivity contribution in [2.24, 2.45) is 5.11 Å². The predicted octanol–water partition coefficient (Wildman–Crippen LogP) is 4.12. The van der Waals surface area contributed by atoms with Gasteiger partial charge in [-0.05, 0) is 30.4 Å². The van der Waals surface area contributed by atoms with Gasteiger partial charge in [0.15, 0.2) is 0 Å². The number of nitrogens with one attached hydrogen (secondary N) is 1. The monoisotopic (exact) mass is 184 g/mol. The summed E-state index contributed by atoms with van der Waals surface area (Å²) in [6, 6.07) is 10.2. The predicted molar refractivity (Wildman–Crippen MR) is 58.2 cm³/mol. The first-order valence-electron chi connectivity index (χ1n) is 4.60. The first-order valence-corrected chi connectivity index (χ1v) is 4.60. The van der Waals surface area contributed by atoms with E-state index in [0.717, 1.165) is 22.0 Å². The van der Waals surface area contributed by atoms with E-state index in [1.54, 1.807) is 0 Å². The van der Waals surface area contributed by atoms with Gasteiger partial charge < -0.3 is 0 Å². The standard InChI is InChI=1S/C12H12N2/c1-8-7-10-5-3-4-6-11(10)12(14-13)9(8)2/h3-7,13H,1-2H3. The molecule has 2 nitrogen and oxygen atoms in total. The van der Waals surface area contributed by atoms with Crippen LogP contribution in [-0.4, -0.2) is 0 Å². The van der Waals surface area contributed by atoms with Crippen LogP contribution in [0.1, 0.15) is 11.1 Å². The number of benzene rings is 2. The van der Waals surface area contributed by atoms with E-state index in [2.05, 4.69) is 24.2 Å². The van der Waals surface area contributed by atoms with Crippen molar-refractivity contribution in [1.29, 1.82) is 5.53 Å². The van der Waals surface area contributed by atoms with Crippen molar-refractivity contribution < 1.29 is 0 Å². The van der Waals surface area contributed by atoms with Crippen LogP contribution in [0.2, 0.25) is 0 Å². The minimum Gasteiger partial charge on any atom is -0.204 e. The number of hydrogen-bond acceptors (Lipinski definition) is 2. The molecule has 0 spiro atoms. The molecule has 0 atom stereocenters. The lowest BCUT2D eigenvalue weighted by Gasteiger charge is -2.07. The molecule has 0 radical (unpaired) electrons. The van der Waals surface area contributed by atoms with Crippen molar-refractivity contribution in [2.45, 2.75) is 13.8 Å². The average Bonchev–Trinajstić information content (AvgIpc) is 2.20. The molecular weight excluding hydrogens is 172 g/mol. The molecule has 0 aliphatic rings. The number of rotatable bonds is 1. The summed E-state index contributed by atoms with van der Waals surface area (Å²) >= 11 is 0. The number of hydrogen-bond donors (Lipinski definition) is 1. The summed E-state index contributed by atoms with van der Waals surface area (Å²) in [5.41, 5.74) is 10.3. The quantitative estimate of drug-likeness (QED) is 0.647. The summed E-state index contributed by atoms with van der Waals surface area (Å²) in [6.07, 6.45) is 0. The maximum absolute atomic E-state index is 7.19. The highest BCUT2D eigenvalue weighted by Crippen LogP contribution is 2.31. The molecule has 2 heteroatoms. The summed E-state index contributed by atoms with van der Waals surface area (Å²) in [6.45, 7) is 4.06. The second-order valence-corrected chi connectivity index (χ2v) is 3.50. The molecule has 1 N–H and O–H groups in total. The van der Waals surface area contributed by atoms with E-state index >= 15 is 0 Å². The van der Waals surface area contributed by atoms with Crippen molar-refractivity contribution in [3.63, 3.8) is 0 Å². The van der Waals surface area contributed by atoms with Gasteiger partial charge in [0.2, 0.25) is 0 Å². The van der Waals surface area contributed by atoms with Crippen LogP contribution in [0.15, 0.2) is 35.4 Å². The summed E-state index contributed by atoms with van der Waals surface area (Å²) < 4.78 is 0. The van der Waals surface area contributed by atoms with Gasteiger partial charge >= 0.3 is 0 Å². The summed E-state index contributed by atoms with van der Waals surface area (Å²) in [4.78, 5) is 0. The smallest absolute Gasteiger partial charge is 0.0959 e. The molecule has 0 bridgehead atoms. The average molecular weight is 184 g/mol. The van der Waals surface area contributed by atoms with Gasteiger partial charge in [-0.15, -0.1) is 0 Å². The molecule has 0 aliphatic carbocycles. The highest BCUT2D eigenvalue weighted by Gasteiger charge is 2.05. The molecule has 2 rings (SSSR count). The van der Waals surface area contributed by atoms with Gasteiger partial charge in [0, 0.05) is 5.39 Å². The lowest BCUT2D eigenvalue weighted by atomic mass is 10.0. The van der Waals surface area contributed by atoms with E-state index in [-0.39, 0.29) is 0 Å². The van der Waals surface area contributed by atoms with Crippen LogP contribution in [0, 0.1) is 19.4 Å². The Kier molecular flexibility index (Phi) is 2.04. The summed E-state index contributed by atoms with van der Waals surface area (Å²) in [7, 11) is 0. The van der Waals surface area contributed by atoms with Crippen molar-refractivity contribution in [1.82, 2.24) is 0 Å². The summed E-state index contributed by atoms with van der Waals surface area (Å²) in [5, 5.41) is 5.82. The van der Waals surface area contributed by atoms with Crippen molar-refractivity contribution >= 4 is 16.5 Å². The second-order valence-electron chi connectivity index (χ2n) is 3.50. The van der Waals surface area contributed by atoms with Crippen LogP contribution < -0.4 is 0 Å². The Bertz CT molecular complexity index is 501. The fourth-order valence-electron chi connectivity index (χ4n) is 1.71. The Morgan fingerprint density at radius 2 is 1.86 bits per heavy atom. The molecule has 0 fully saturated rings. The molecule has 0 unspecified atom stereocenters. The van der Waals surface area contributed by atoms with Gasteiger partial charge in [0.25, 0.3) is 0 Å². The highest BCUT2D eigenvalue weighted by atomic mass is 15.0. The van der Waals surface area contributed by atoms with Gasteiger partial charge in [0.1, 0.15) is 0 Å². The van der Waals surface area contributed by atoms with Crippen LogP contribution in [0.25, 0.3) is 10.8 Å². The topological polar surface area (TPSA) is 36.2 Å². The normalized spacial score (nSPS) is 10.4. The third kappa shape index (κ3) is 1.20. The minimum absolute atomic E-state index is 0.792. The number of nitrogens with zero attached hydrogens (tertiary/aromatic N) is 1. The Balaban J connectivity index is 2.96. The van der Waals surface area contributed by atoms with Gasteiger partial charge in [-0.1, -0.05) is 30.3 Å². The SMILES string of the molecule is Cc1cc2ccccc2c(N=N)c1C. The number of aryl methyl sites for hydroxylation is 1. The molecule has 0 heterocycles. The molecule has 0 saturated heterocycles. The van der Waals surface area contributed by atoms with Crippen molar-refractivity contribution in [3.8, 4) is 0 Å². The zero-order valence-corrected chi connectivity index (χ0v) is 8.33. The van der Waals surface area contributed by atoms with E-state index in [1.807, 2.05) is 25.1 Å². The maximum Gasteiger partial charge on any atom is 0.0959 e. The third-order valence-electron chi connectivity index (χ3n) is 2.65. The number of fused-ring (bicyclic) bond motifs is 1. The van der Waals surface area contributed by atoms with Gasteiger partial charge in [-0.3, -0.25) is 0 Å². The zero-order chi connectivity index (χ0) is 10.1. The Morgan fingerprint density at radius 3 is 2.57 bits per heavy atom. The van der Waals surface area contributed by atoms with E-state index in [1.165, 1.54) is 5.56 Å². The van der Waals surface area contributed by atoms with E-state index in [0.29, 0.717) is 0 Å². The Hall–Kier alpha value is -1.70. The zero-order valence-electron chi connectivity index (χ0n) is 8.33. The lowest BCUT2D eigenvalue weighted by Crippen LogP contribution is -1.83. The van der Waals surface area contributed by atoms with Gasteiger partial charge in [-0.25, -0.2) is 5.53 Å². The molecule has 0 aromatic heterocycles. The van der Waals surface area contributed by atoms with Crippen molar-refractivity contribution in [2.75, 3.05) is 0 Å². The molecule has 2 aromatic rings. The fraction of sp³-hybridized carbons (Fsp3) is 0.167. The van der Waals surface area contributed by atoms with Crippen LogP contribution in [0.5, 0.6) is 0 Å². The first kappa shape index (κ1) is 8.88. The van der Waals surface area contributed by atoms with Crippen LogP contribution in [-0.2, 0) is 0 Å². The Labute approximate surface area is 83.1 Å². The minimum atomic E-state index is 0.792. The maximum atomic E-state index is 7.19. The second kappa shape index (κ2) is 3.22. The van der Waals surface area contributed by atoms with Crippen molar-refractivity contribution in [3.05, 3.63) is 41.5 Å². The molecule has 0 aliphatic heterocycles. The van der Waals surface area contributed by atoms with Crippen LogP contribution in [0.4, 0.5) is 5.69 Å². The van der Waals surface area contributed by atoms with E-state index < -0.39 is 0 Å². The van der Waals surface area contributed by atoms with Crippen LogP contribution in [0.3, 0.4) is 0 Å². The fourth-order valence-corrected chi connectivity index (χ4v) is 1.71. The van der Waals surface area contributed by atoms with E-state index in [4.69, 9.17) is 5.53 Å². The molecule has 0 saturated carbocycles.